The lowest BCUT2D eigenvalue weighted by atomic mass is 9.95. The quantitative estimate of drug-likeness (QED) is 0.459. The van der Waals surface area contributed by atoms with Gasteiger partial charge in [0.1, 0.15) is 5.69 Å². The number of nitrogens with one attached hydrogen (secondary N) is 1. The van der Waals surface area contributed by atoms with E-state index < -0.39 is 4.92 Å². The van der Waals surface area contributed by atoms with Gasteiger partial charge in [0.15, 0.2) is 5.78 Å². The minimum absolute atomic E-state index is 0.0203. The lowest BCUT2D eigenvalue weighted by Gasteiger charge is -2.23. The molecule has 0 spiro atoms. The fraction of sp³-hybridized carbons (Fsp3) is 0.526. The zero-order valence-corrected chi connectivity index (χ0v) is 15.6. The third-order valence-electron chi connectivity index (χ3n) is 4.19. The number of hydrogen-bond donors (Lipinski definition) is 2. The summed E-state index contributed by atoms with van der Waals surface area (Å²) in [5.74, 6) is -0.202. The molecule has 1 aromatic carbocycles. The highest BCUT2D eigenvalue weighted by atomic mass is 16.6. The van der Waals surface area contributed by atoms with Crippen molar-refractivity contribution in [2.24, 2.45) is 5.73 Å². The molecule has 0 radical (unpaired) electrons. The molecule has 0 heterocycles. The van der Waals surface area contributed by atoms with Crippen LogP contribution in [0.3, 0.4) is 0 Å². The molecule has 25 heavy (non-hydrogen) atoms. The Hall–Kier alpha value is -2.37. The molecule has 2 rings (SSSR count). The number of nitrogens with two attached hydrogens (primary N) is 1. The Bertz CT molecular complexity index is 643. The van der Waals surface area contributed by atoms with Crippen LogP contribution in [0.4, 0.5) is 11.4 Å². The van der Waals surface area contributed by atoms with Crippen molar-refractivity contribution in [1.82, 2.24) is 0 Å². The van der Waals surface area contributed by atoms with Gasteiger partial charge in [-0.1, -0.05) is 39.2 Å². The second kappa shape index (κ2) is 9.81. The average Bonchev–Trinajstić information content (AvgIpc) is 2.58. The number of Topliss-reactive ketones (excluding diaryl/α,β-unsaturated/α-hetero) is 1. The van der Waals surface area contributed by atoms with Gasteiger partial charge < -0.3 is 11.1 Å². The van der Waals surface area contributed by atoms with Crippen molar-refractivity contribution >= 4 is 22.7 Å². The smallest absolute Gasteiger partial charge is 0.292 e. The van der Waals surface area contributed by atoms with E-state index in [1.54, 1.807) is 19.1 Å². The summed E-state index contributed by atoms with van der Waals surface area (Å²) in [6, 6.07) is 5.09. The van der Waals surface area contributed by atoms with Crippen LogP contribution in [-0.2, 0) is 4.79 Å². The predicted molar refractivity (Wildman–Crippen MR) is 102 cm³/mol. The van der Waals surface area contributed by atoms with E-state index in [0.717, 1.165) is 25.7 Å². The van der Waals surface area contributed by atoms with E-state index in [2.05, 4.69) is 5.32 Å². The largest absolute Gasteiger partial charge is 0.402 e. The highest BCUT2D eigenvalue weighted by Gasteiger charge is 2.21. The Morgan fingerprint density at radius 3 is 2.28 bits per heavy atom. The van der Waals surface area contributed by atoms with Gasteiger partial charge in [-0.2, -0.15) is 0 Å². The summed E-state index contributed by atoms with van der Waals surface area (Å²) in [5.41, 5.74) is 7.42. The summed E-state index contributed by atoms with van der Waals surface area (Å²) >= 11 is 0. The standard InChI is InChI=1S/C17H23N3O3.C2H6/c1-11(18)17(12(2)21)13-8-9-15(16(10-13)20(22)23)19-14-6-4-3-5-7-14;1-2/h8-10,14,19H,3-7,18H2,1-2H3;1-2H3/b17-11+;. The molecule has 6 nitrogen and oxygen atoms in total. The first-order valence-corrected chi connectivity index (χ1v) is 8.92. The number of carbonyl (C=O) groups excluding carboxylic acids is 1. The van der Waals surface area contributed by atoms with E-state index in [1.165, 1.54) is 19.4 Å². The molecule has 3 N–H and O–H groups in total. The minimum Gasteiger partial charge on any atom is -0.402 e. The van der Waals surface area contributed by atoms with Crippen LogP contribution in [0.5, 0.6) is 0 Å². The number of nitro benzene ring substituents is 1. The number of hydrogen-bond acceptors (Lipinski definition) is 5. The van der Waals surface area contributed by atoms with Crippen molar-refractivity contribution in [2.75, 3.05) is 5.32 Å². The molecule has 6 heteroatoms. The van der Waals surface area contributed by atoms with Crippen LogP contribution < -0.4 is 11.1 Å². The first-order chi connectivity index (χ1) is 11.9. The van der Waals surface area contributed by atoms with Gasteiger partial charge in [-0.3, -0.25) is 14.9 Å². The molecule has 0 amide bonds. The lowest BCUT2D eigenvalue weighted by Crippen LogP contribution is -2.22. The minimum atomic E-state index is -0.418. The van der Waals surface area contributed by atoms with Crippen LogP contribution in [0.25, 0.3) is 5.57 Å². The zero-order valence-electron chi connectivity index (χ0n) is 15.6. The van der Waals surface area contributed by atoms with Crippen molar-refractivity contribution in [3.63, 3.8) is 0 Å². The number of carbonyl (C=O) groups is 1. The van der Waals surface area contributed by atoms with E-state index in [1.807, 2.05) is 13.8 Å². The molecule has 0 atom stereocenters. The topological polar surface area (TPSA) is 98.3 Å². The second-order valence-corrected chi connectivity index (χ2v) is 6.08. The summed E-state index contributed by atoms with van der Waals surface area (Å²) in [4.78, 5) is 22.7. The van der Waals surface area contributed by atoms with Gasteiger partial charge in [-0.25, -0.2) is 0 Å². The summed E-state index contributed by atoms with van der Waals surface area (Å²) in [7, 11) is 0. The predicted octanol–water partition coefficient (Wildman–Crippen LogP) is 4.64. The van der Waals surface area contributed by atoms with Crippen LogP contribution >= 0.6 is 0 Å². The van der Waals surface area contributed by atoms with Crippen LogP contribution in [0, 0.1) is 10.1 Å². The molecule has 0 bridgehead atoms. The molecule has 0 unspecified atom stereocenters. The molecule has 0 aromatic heterocycles. The summed E-state index contributed by atoms with van der Waals surface area (Å²) < 4.78 is 0. The van der Waals surface area contributed by atoms with Gasteiger partial charge in [0.2, 0.25) is 0 Å². The van der Waals surface area contributed by atoms with Gasteiger partial charge in [-0.15, -0.1) is 0 Å². The third kappa shape index (κ3) is 5.59. The maximum Gasteiger partial charge on any atom is 0.292 e. The molecular formula is C19H29N3O3. The van der Waals surface area contributed by atoms with E-state index in [4.69, 9.17) is 5.73 Å². The van der Waals surface area contributed by atoms with Crippen molar-refractivity contribution in [2.45, 2.75) is 65.8 Å². The van der Waals surface area contributed by atoms with Crippen LogP contribution in [-0.4, -0.2) is 16.7 Å². The number of nitro groups is 1. The summed E-state index contributed by atoms with van der Waals surface area (Å²) in [6.45, 7) is 7.03. The van der Waals surface area contributed by atoms with Crippen molar-refractivity contribution in [3.8, 4) is 0 Å². The van der Waals surface area contributed by atoms with E-state index >= 15 is 0 Å². The molecule has 0 saturated heterocycles. The number of ketones is 1. The third-order valence-corrected chi connectivity index (χ3v) is 4.19. The number of anilines is 1. The van der Waals surface area contributed by atoms with Gasteiger partial charge in [0.05, 0.1) is 4.92 Å². The van der Waals surface area contributed by atoms with Gasteiger partial charge in [-0.05, 0) is 38.3 Å². The molecule has 0 aliphatic heterocycles. The first-order valence-electron chi connectivity index (χ1n) is 8.92. The molecule has 1 fully saturated rings. The zero-order chi connectivity index (χ0) is 19.0. The van der Waals surface area contributed by atoms with Crippen molar-refractivity contribution in [1.29, 1.82) is 0 Å². The number of nitrogens with zero attached hydrogens (tertiary/aromatic N) is 1. The average molecular weight is 347 g/mol. The maximum absolute atomic E-state index is 11.7. The van der Waals surface area contributed by atoms with Crippen LogP contribution in [0.2, 0.25) is 0 Å². The van der Waals surface area contributed by atoms with Crippen molar-refractivity contribution < 1.29 is 9.72 Å². The fourth-order valence-electron chi connectivity index (χ4n) is 3.14. The molecule has 1 aromatic rings. The fourth-order valence-corrected chi connectivity index (χ4v) is 3.14. The Labute approximate surface area is 149 Å². The Balaban J connectivity index is 0.00000151. The summed E-state index contributed by atoms with van der Waals surface area (Å²) in [5, 5.41) is 14.7. The Morgan fingerprint density at radius 2 is 1.80 bits per heavy atom. The van der Waals surface area contributed by atoms with Gasteiger partial charge >= 0.3 is 0 Å². The van der Waals surface area contributed by atoms with Crippen molar-refractivity contribution in [3.05, 3.63) is 39.6 Å². The van der Waals surface area contributed by atoms with Gasteiger partial charge in [0.25, 0.3) is 5.69 Å². The highest BCUT2D eigenvalue weighted by molar-refractivity contribution is 6.20. The molecule has 1 aliphatic carbocycles. The molecule has 138 valence electrons. The van der Waals surface area contributed by atoms with Crippen LogP contribution in [0.1, 0.15) is 65.4 Å². The van der Waals surface area contributed by atoms with Crippen LogP contribution in [0.15, 0.2) is 23.9 Å². The number of allylic oxidation sites excluding steroid dienone is 2. The van der Waals surface area contributed by atoms with Gasteiger partial charge in [0, 0.05) is 23.4 Å². The number of rotatable bonds is 5. The number of benzene rings is 1. The molecular weight excluding hydrogens is 318 g/mol. The Kier molecular flexibility index (Phi) is 8.11. The van der Waals surface area contributed by atoms with E-state index in [0.29, 0.717) is 22.5 Å². The lowest BCUT2D eigenvalue weighted by molar-refractivity contribution is -0.384. The Morgan fingerprint density at radius 1 is 1.20 bits per heavy atom. The monoisotopic (exact) mass is 347 g/mol. The highest BCUT2D eigenvalue weighted by Crippen LogP contribution is 2.32. The van der Waals surface area contributed by atoms with E-state index in [9.17, 15) is 14.9 Å². The molecule has 1 saturated carbocycles. The maximum atomic E-state index is 11.7. The molecule has 1 aliphatic rings. The van der Waals surface area contributed by atoms with E-state index in [-0.39, 0.29) is 17.5 Å². The summed E-state index contributed by atoms with van der Waals surface area (Å²) in [6.07, 6.45) is 5.57. The second-order valence-electron chi connectivity index (χ2n) is 6.08. The SMILES string of the molecule is CC.CC(=O)/C(=C(/C)N)c1ccc(NC2CCCCC2)c([N+](=O)[O-])c1. The normalized spacial score (nSPS) is 15.5. The first kappa shape index (κ1) is 20.7.